The summed E-state index contributed by atoms with van der Waals surface area (Å²) in [4.78, 5) is 14.5. The summed E-state index contributed by atoms with van der Waals surface area (Å²) in [5, 5.41) is 8.60. The fourth-order valence-electron chi connectivity index (χ4n) is 1.84. The van der Waals surface area contributed by atoms with Crippen LogP contribution >= 0.6 is 0 Å². The average Bonchev–Trinajstić information content (AvgIpc) is 2.45. The Hall–Kier alpha value is -1.73. The first-order valence-electron chi connectivity index (χ1n) is 6.78. The van der Waals surface area contributed by atoms with Crippen molar-refractivity contribution in [2.45, 2.75) is 31.6 Å². The van der Waals surface area contributed by atoms with E-state index in [1.54, 1.807) is 0 Å². The number of carboxylic acid groups (broad SMARTS) is 1. The van der Waals surface area contributed by atoms with E-state index in [1.165, 1.54) is 28.8 Å². The lowest BCUT2D eigenvalue weighted by molar-refractivity contribution is -0.131. The number of nitrogens with zero attached hydrogens (tertiary/aromatic N) is 2. The van der Waals surface area contributed by atoms with E-state index in [9.17, 15) is 13.2 Å². The van der Waals surface area contributed by atoms with Crippen LogP contribution < -0.4 is 0 Å². The van der Waals surface area contributed by atoms with Crippen molar-refractivity contribution in [2.75, 3.05) is 13.1 Å². The van der Waals surface area contributed by atoms with E-state index < -0.39 is 16.0 Å². The largest absolute Gasteiger partial charge is 0.478 e. The maximum atomic E-state index is 12.5. The van der Waals surface area contributed by atoms with Gasteiger partial charge in [-0.25, -0.2) is 13.2 Å². The van der Waals surface area contributed by atoms with Crippen LogP contribution in [-0.2, 0) is 14.8 Å². The van der Waals surface area contributed by atoms with Gasteiger partial charge in [0.25, 0.3) is 0 Å². The predicted molar refractivity (Wildman–Crippen MR) is 80.2 cm³/mol. The Kier molecular flexibility index (Phi) is 6.51. The van der Waals surface area contributed by atoms with E-state index in [-0.39, 0.29) is 4.90 Å². The second-order valence-electron chi connectivity index (χ2n) is 4.53. The molecule has 1 aromatic heterocycles. The Morgan fingerprint density at radius 1 is 1.29 bits per heavy atom. The van der Waals surface area contributed by atoms with Crippen LogP contribution in [0.15, 0.2) is 29.4 Å². The van der Waals surface area contributed by atoms with Crippen molar-refractivity contribution in [3.63, 3.8) is 0 Å². The number of rotatable bonds is 8. The van der Waals surface area contributed by atoms with Crippen LogP contribution in [-0.4, -0.2) is 41.9 Å². The Labute approximate surface area is 125 Å². The zero-order valence-electron chi connectivity index (χ0n) is 12.2. The molecule has 0 spiro atoms. The molecule has 0 aliphatic rings. The molecule has 0 radical (unpaired) electrons. The SMILES string of the molecule is CCCN(CCC)S(=O)(=O)c1cncc(C=CC(=O)O)c1. The van der Waals surface area contributed by atoms with Gasteiger partial charge in [0, 0.05) is 31.6 Å². The Bertz CT molecular complexity index is 605. The molecule has 0 aliphatic carbocycles. The monoisotopic (exact) mass is 312 g/mol. The molecule has 0 atom stereocenters. The van der Waals surface area contributed by atoms with Crippen molar-refractivity contribution in [3.8, 4) is 0 Å². The summed E-state index contributed by atoms with van der Waals surface area (Å²) in [7, 11) is -3.60. The second-order valence-corrected chi connectivity index (χ2v) is 6.47. The van der Waals surface area contributed by atoms with Gasteiger partial charge in [-0.2, -0.15) is 4.31 Å². The number of hydrogen-bond acceptors (Lipinski definition) is 4. The van der Waals surface area contributed by atoms with Crippen molar-refractivity contribution in [1.82, 2.24) is 9.29 Å². The van der Waals surface area contributed by atoms with Gasteiger partial charge in [0.15, 0.2) is 0 Å². The maximum Gasteiger partial charge on any atom is 0.328 e. The highest BCUT2D eigenvalue weighted by Gasteiger charge is 2.23. The first-order valence-corrected chi connectivity index (χ1v) is 8.22. The molecule has 0 saturated carbocycles. The minimum atomic E-state index is -3.60. The summed E-state index contributed by atoms with van der Waals surface area (Å²) in [5.41, 5.74) is 0.437. The molecule has 0 bridgehead atoms. The van der Waals surface area contributed by atoms with Crippen LogP contribution in [0, 0.1) is 0 Å². The van der Waals surface area contributed by atoms with E-state index in [2.05, 4.69) is 4.98 Å². The third-order valence-corrected chi connectivity index (χ3v) is 4.60. The number of carbonyl (C=O) groups is 1. The molecule has 0 saturated heterocycles. The van der Waals surface area contributed by atoms with Gasteiger partial charge in [-0.1, -0.05) is 13.8 Å². The van der Waals surface area contributed by atoms with Crippen molar-refractivity contribution >= 4 is 22.1 Å². The minimum Gasteiger partial charge on any atom is -0.478 e. The average molecular weight is 312 g/mol. The van der Waals surface area contributed by atoms with E-state index in [0.29, 0.717) is 18.7 Å². The number of pyridine rings is 1. The topological polar surface area (TPSA) is 87.6 Å². The Morgan fingerprint density at radius 2 is 1.90 bits per heavy atom. The van der Waals surface area contributed by atoms with Crippen molar-refractivity contribution in [2.24, 2.45) is 0 Å². The van der Waals surface area contributed by atoms with Gasteiger partial charge in [-0.05, 0) is 30.5 Å². The smallest absolute Gasteiger partial charge is 0.328 e. The summed E-state index contributed by atoms with van der Waals surface area (Å²) in [6.07, 6.45) is 6.42. The molecule has 0 unspecified atom stereocenters. The minimum absolute atomic E-state index is 0.0805. The molecule has 0 fully saturated rings. The summed E-state index contributed by atoms with van der Waals surface area (Å²) >= 11 is 0. The Balaban J connectivity index is 3.12. The first kappa shape index (κ1) is 17.3. The van der Waals surface area contributed by atoms with Crippen LogP contribution in [0.2, 0.25) is 0 Å². The quantitative estimate of drug-likeness (QED) is 0.742. The van der Waals surface area contributed by atoms with Gasteiger partial charge in [0.2, 0.25) is 10.0 Å². The number of aliphatic carboxylic acids is 1. The molecule has 7 heteroatoms. The van der Waals surface area contributed by atoms with E-state index in [0.717, 1.165) is 18.9 Å². The van der Waals surface area contributed by atoms with Crippen molar-refractivity contribution in [3.05, 3.63) is 30.1 Å². The van der Waals surface area contributed by atoms with Gasteiger partial charge < -0.3 is 5.11 Å². The highest BCUT2D eigenvalue weighted by molar-refractivity contribution is 7.89. The van der Waals surface area contributed by atoms with E-state index in [4.69, 9.17) is 5.11 Å². The van der Waals surface area contributed by atoms with Crippen LogP contribution in [0.3, 0.4) is 0 Å². The Morgan fingerprint density at radius 3 is 2.43 bits per heavy atom. The molecule has 0 aromatic carbocycles. The summed E-state index contributed by atoms with van der Waals surface area (Å²) in [6, 6.07) is 1.43. The molecule has 1 rings (SSSR count). The van der Waals surface area contributed by atoms with Gasteiger partial charge >= 0.3 is 5.97 Å². The predicted octanol–water partition coefficient (Wildman–Crippen LogP) is 1.99. The standard InChI is InChI=1S/C14H20N2O4S/c1-3-7-16(8-4-2)21(19,20)13-9-12(10-15-11-13)5-6-14(17)18/h5-6,9-11H,3-4,7-8H2,1-2H3,(H,17,18). The molecule has 0 aliphatic heterocycles. The highest BCUT2D eigenvalue weighted by atomic mass is 32.2. The third kappa shape index (κ3) is 4.95. The summed E-state index contributed by atoms with van der Waals surface area (Å²) in [5.74, 6) is -1.10. The lowest BCUT2D eigenvalue weighted by Gasteiger charge is -2.20. The molecule has 1 heterocycles. The van der Waals surface area contributed by atoms with Crippen molar-refractivity contribution in [1.29, 1.82) is 0 Å². The fourth-order valence-corrected chi connectivity index (χ4v) is 3.46. The van der Waals surface area contributed by atoms with Gasteiger partial charge in [0.1, 0.15) is 4.90 Å². The first-order chi connectivity index (χ1) is 9.91. The van der Waals surface area contributed by atoms with Gasteiger partial charge in [0.05, 0.1) is 0 Å². The molecular formula is C14H20N2O4S. The molecule has 6 nitrogen and oxygen atoms in total. The molecular weight excluding hydrogens is 292 g/mol. The number of aromatic nitrogens is 1. The maximum absolute atomic E-state index is 12.5. The lowest BCUT2D eigenvalue weighted by atomic mass is 10.2. The summed E-state index contributed by atoms with van der Waals surface area (Å²) in [6.45, 7) is 4.74. The number of hydrogen-bond donors (Lipinski definition) is 1. The van der Waals surface area contributed by atoms with Crippen LogP contribution in [0.5, 0.6) is 0 Å². The molecule has 21 heavy (non-hydrogen) atoms. The third-order valence-electron chi connectivity index (χ3n) is 2.74. The number of carboxylic acids is 1. The van der Waals surface area contributed by atoms with Crippen LogP contribution in [0.1, 0.15) is 32.3 Å². The zero-order chi connectivity index (χ0) is 15.9. The number of sulfonamides is 1. The summed E-state index contributed by atoms with van der Waals surface area (Å²) < 4.78 is 26.5. The molecule has 116 valence electrons. The lowest BCUT2D eigenvalue weighted by Crippen LogP contribution is -2.32. The fraction of sp³-hybridized carbons (Fsp3) is 0.429. The second kappa shape index (κ2) is 7.90. The van der Waals surface area contributed by atoms with Crippen molar-refractivity contribution < 1.29 is 18.3 Å². The van der Waals surface area contributed by atoms with E-state index in [1.807, 2.05) is 13.8 Å². The molecule has 1 N–H and O–H groups in total. The molecule has 0 amide bonds. The zero-order valence-corrected chi connectivity index (χ0v) is 13.0. The van der Waals surface area contributed by atoms with Gasteiger partial charge in [-0.3, -0.25) is 4.98 Å². The van der Waals surface area contributed by atoms with Crippen LogP contribution in [0.4, 0.5) is 0 Å². The highest BCUT2D eigenvalue weighted by Crippen LogP contribution is 2.17. The molecule has 1 aromatic rings. The van der Waals surface area contributed by atoms with Gasteiger partial charge in [-0.15, -0.1) is 0 Å². The van der Waals surface area contributed by atoms with Crippen LogP contribution in [0.25, 0.3) is 6.08 Å². The van der Waals surface area contributed by atoms with E-state index >= 15 is 0 Å². The normalized spacial score (nSPS) is 12.1.